The van der Waals surface area contributed by atoms with Crippen LogP contribution < -0.4 is 16.0 Å². The van der Waals surface area contributed by atoms with Crippen molar-refractivity contribution in [2.45, 2.75) is 39.2 Å². The van der Waals surface area contributed by atoms with Crippen molar-refractivity contribution >= 4 is 17.7 Å². The Labute approximate surface area is 122 Å². The molecule has 110 valence electrons. The normalized spacial score (nSPS) is 16.5. The SMILES string of the molecule is CCNc1cc(CC)ccc1NC=NC1CCNCC1. The lowest BCUT2D eigenvalue weighted by Crippen LogP contribution is -2.30. The molecule has 0 bridgehead atoms. The maximum Gasteiger partial charge on any atom is 0.0871 e. The molecule has 0 atom stereocenters. The summed E-state index contributed by atoms with van der Waals surface area (Å²) in [7, 11) is 0. The summed E-state index contributed by atoms with van der Waals surface area (Å²) in [5.74, 6) is 0. The van der Waals surface area contributed by atoms with Gasteiger partial charge in [-0.15, -0.1) is 0 Å². The fraction of sp³-hybridized carbons (Fsp3) is 0.562. The van der Waals surface area contributed by atoms with Gasteiger partial charge in [0.15, 0.2) is 0 Å². The first-order chi connectivity index (χ1) is 9.83. The highest BCUT2D eigenvalue weighted by molar-refractivity contribution is 5.83. The maximum atomic E-state index is 4.62. The molecule has 1 aliphatic rings. The second-order valence-electron chi connectivity index (χ2n) is 5.17. The third-order valence-electron chi connectivity index (χ3n) is 3.67. The Morgan fingerprint density at radius 3 is 2.75 bits per heavy atom. The fourth-order valence-corrected chi connectivity index (χ4v) is 2.44. The van der Waals surface area contributed by atoms with Crippen molar-refractivity contribution in [2.24, 2.45) is 4.99 Å². The van der Waals surface area contributed by atoms with Crippen LogP contribution in [0.4, 0.5) is 11.4 Å². The molecule has 0 saturated carbocycles. The van der Waals surface area contributed by atoms with Crippen molar-refractivity contribution in [1.29, 1.82) is 0 Å². The van der Waals surface area contributed by atoms with Crippen LogP contribution in [0.5, 0.6) is 0 Å². The molecule has 0 amide bonds. The summed E-state index contributed by atoms with van der Waals surface area (Å²) < 4.78 is 0. The second kappa shape index (κ2) is 7.90. The van der Waals surface area contributed by atoms with E-state index in [4.69, 9.17) is 0 Å². The lowest BCUT2D eigenvalue weighted by molar-refractivity contribution is 0.461. The van der Waals surface area contributed by atoms with Crippen molar-refractivity contribution < 1.29 is 0 Å². The van der Waals surface area contributed by atoms with Gasteiger partial charge in [-0.25, -0.2) is 0 Å². The Morgan fingerprint density at radius 2 is 2.05 bits per heavy atom. The molecule has 1 aromatic rings. The average Bonchev–Trinajstić information content (AvgIpc) is 2.50. The first-order valence-electron chi connectivity index (χ1n) is 7.69. The molecule has 20 heavy (non-hydrogen) atoms. The minimum atomic E-state index is 0.459. The predicted molar refractivity (Wildman–Crippen MR) is 88.0 cm³/mol. The van der Waals surface area contributed by atoms with Gasteiger partial charge in [0, 0.05) is 6.54 Å². The van der Waals surface area contributed by atoms with Crippen LogP contribution in [0.25, 0.3) is 0 Å². The predicted octanol–water partition coefficient (Wildman–Crippen LogP) is 2.87. The third kappa shape index (κ3) is 4.23. The molecule has 0 aliphatic carbocycles. The van der Waals surface area contributed by atoms with E-state index in [-0.39, 0.29) is 0 Å². The summed E-state index contributed by atoms with van der Waals surface area (Å²) in [6, 6.07) is 6.97. The number of anilines is 2. The molecule has 1 saturated heterocycles. The number of hydrogen-bond donors (Lipinski definition) is 3. The molecule has 1 heterocycles. The first-order valence-corrected chi connectivity index (χ1v) is 7.69. The van der Waals surface area contributed by atoms with Crippen molar-refractivity contribution in [3.05, 3.63) is 23.8 Å². The number of rotatable bonds is 6. The highest BCUT2D eigenvalue weighted by atomic mass is 15.0. The van der Waals surface area contributed by atoms with Crippen LogP contribution in [0.1, 0.15) is 32.3 Å². The molecule has 0 spiro atoms. The Morgan fingerprint density at radius 1 is 1.25 bits per heavy atom. The number of nitrogens with one attached hydrogen (secondary N) is 3. The molecule has 1 fully saturated rings. The molecule has 1 aliphatic heterocycles. The molecule has 0 unspecified atom stereocenters. The van der Waals surface area contributed by atoms with Crippen LogP contribution in [0, 0.1) is 0 Å². The standard InChI is InChI=1S/C16H26N4/c1-3-13-5-6-15(16(11-13)18-4-2)20-12-19-14-7-9-17-10-8-14/h5-6,11-12,14,17-18H,3-4,7-10H2,1-2H3,(H,19,20). The van der Waals surface area contributed by atoms with Crippen LogP contribution >= 0.6 is 0 Å². The van der Waals surface area contributed by atoms with E-state index in [2.05, 4.69) is 53.0 Å². The summed E-state index contributed by atoms with van der Waals surface area (Å²) in [5.41, 5.74) is 3.60. The van der Waals surface area contributed by atoms with E-state index in [1.165, 1.54) is 5.56 Å². The van der Waals surface area contributed by atoms with E-state index in [0.29, 0.717) is 6.04 Å². The second-order valence-corrected chi connectivity index (χ2v) is 5.17. The number of benzene rings is 1. The lowest BCUT2D eigenvalue weighted by Gasteiger charge is -2.18. The van der Waals surface area contributed by atoms with E-state index in [0.717, 1.165) is 50.3 Å². The number of aliphatic imine (C=N–C) groups is 1. The topological polar surface area (TPSA) is 48.5 Å². The molecular weight excluding hydrogens is 248 g/mol. The van der Waals surface area contributed by atoms with Crippen molar-refractivity contribution in [3.63, 3.8) is 0 Å². The van der Waals surface area contributed by atoms with Crippen molar-refractivity contribution in [2.75, 3.05) is 30.3 Å². The molecule has 0 radical (unpaired) electrons. The Hall–Kier alpha value is -1.55. The van der Waals surface area contributed by atoms with Crippen molar-refractivity contribution in [3.8, 4) is 0 Å². The zero-order valence-electron chi connectivity index (χ0n) is 12.6. The van der Waals surface area contributed by atoms with Crippen molar-refractivity contribution in [1.82, 2.24) is 5.32 Å². The first kappa shape index (κ1) is 14.9. The molecule has 4 heteroatoms. The largest absolute Gasteiger partial charge is 0.384 e. The monoisotopic (exact) mass is 274 g/mol. The fourth-order valence-electron chi connectivity index (χ4n) is 2.44. The van der Waals surface area contributed by atoms with Gasteiger partial charge in [-0.1, -0.05) is 13.0 Å². The molecule has 2 rings (SSSR count). The summed E-state index contributed by atoms with van der Waals surface area (Å²) >= 11 is 0. The Bertz CT molecular complexity index is 436. The molecule has 1 aromatic carbocycles. The number of nitrogens with zero attached hydrogens (tertiary/aromatic N) is 1. The molecule has 3 N–H and O–H groups in total. The van der Waals surface area contributed by atoms with Gasteiger partial charge in [-0.2, -0.15) is 0 Å². The van der Waals surface area contributed by atoms with Gasteiger partial charge in [0.1, 0.15) is 0 Å². The minimum Gasteiger partial charge on any atom is -0.384 e. The minimum absolute atomic E-state index is 0.459. The van der Waals surface area contributed by atoms with Gasteiger partial charge in [-0.05, 0) is 57.0 Å². The summed E-state index contributed by atoms with van der Waals surface area (Å²) in [6.45, 7) is 7.38. The van der Waals surface area contributed by atoms with E-state index >= 15 is 0 Å². The van der Waals surface area contributed by atoms with Gasteiger partial charge < -0.3 is 16.0 Å². The smallest absolute Gasteiger partial charge is 0.0871 e. The van der Waals surface area contributed by atoms with Gasteiger partial charge in [0.05, 0.1) is 23.8 Å². The van der Waals surface area contributed by atoms with E-state index < -0.39 is 0 Å². The van der Waals surface area contributed by atoms with Crippen LogP contribution in [0.3, 0.4) is 0 Å². The van der Waals surface area contributed by atoms with Gasteiger partial charge >= 0.3 is 0 Å². The van der Waals surface area contributed by atoms with Crippen LogP contribution in [0.15, 0.2) is 23.2 Å². The highest BCUT2D eigenvalue weighted by Gasteiger charge is 2.10. The van der Waals surface area contributed by atoms with Crippen LogP contribution in [0.2, 0.25) is 0 Å². The Balaban J connectivity index is 1.98. The molecule has 0 aromatic heterocycles. The van der Waals surface area contributed by atoms with Crippen LogP contribution in [-0.2, 0) is 6.42 Å². The maximum absolute atomic E-state index is 4.62. The molecule has 4 nitrogen and oxygen atoms in total. The summed E-state index contributed by atoms with van der Waals surface area (Å²) in [4.78, 5) is 4.62. The zero-order valence-corrected chi connectivity index (χ0v) is 12.6. The Kier molecular flexibility index (Phi) is 5.87. The quantitative estimate of drug-likeness (QED) is 0.552. The third-order valence-corrected chi connectivity index (χ3v) is 3.67. The number of hydrogen-bond acceptors (Lipinski definition) is 3. The van der Waals surface area contributed by atoms with E-state index in [9.17, 15) is 0 Å². The lowest BCUT2D eigenvalue weighted by atomic mass is 10.1. The van der Waals surface area contributed by atoms with Crippen LogP contribution in [-0.4, -0.2) is 32.0 Å². The average molecular weight is 274 g/mol. The number of aryl methyl sites for hydroxylation is 1. The van der Waals surface area contributed by atoms with Gasteiger partial charge in [0.2, 0.25) is 0 Å². The van der Waals surface area contributed by atoms with E-state index in [1.54, 1.807) is 0 Å². The molecular formula is C16H26N4. The number of piperidine rings is 1. The van der Waals surface area contributed by atoms with E-state index in [1.807, 2.05) is 6.34 Å². The van der Waals surface area contributed by atoms with Gasteiger partial charge in [0.25, 0.3) is 0 Å². The summed E-state index contributed by atoms with van der Waals surface area (Å²) in [5, 5.41) is 10.1. The summed E-state index contributed by atoms with van der Waals surface area (Å²) in [6.07, 6.45) is 5.18. The van der Waals surface area contributed by atoms with Gasteiger partial charge in [-0.3, -0.25) is 4.99 Å². The highest BCUT2D eigenvalue weighted by Crippen LogP contribution is 2.23. The zero-order chi connectivity index (χ0) is 14.2.